The van der Waals surface area contributed by atoms with Crippen LogP contribution in [-0.2, 0) is 9.59 Å². The highest BCUT2D eigenvalue weighted by Crippen LogP contribution is 2.74. The van der Waals surface area contributed by atoms with Gasteiger partial charge in [0.05, 0.1) is 12.5 Å². The standard InChI is InChI=1S/C32H44N2O2/c1-27(2)13-15-32(34(9)10)16-14-31(7)25(20(32)18-27)22(35)17-24-29(5)19-21(33-8)26(36)28(3,4)23(29)11-12-30(24,31)6/h17,19,23H,11-16,18H2,1-7,9-10H3/t23-,29-,30+,31+,32-/m0/s1. The molecule has 194 valence electrons. The van der Waals surface area contributed by atoms with E-state index in [0.29, 0.717) is 0 Å². The molecular weight excluding hydrogens is 444 g/mol. The van der Waals surface area contributed by atoms with Gasteiger partial charge in [-0.2, -0.15) is 0 Å². The Morgan fingerprint density at radius 1 is 0.917 bits per heavy atom. The summed E-state index contributed by atoms with van der Waals surface area (Å²) in [7, 11) is 4.39. The summed E-state index contributed by atoms with van der Waals surface area (Å²) in [5, 5.41) is 0. The average Bonchev–Trinajstić information content (AvgIpc) is 2.77. The molecule has 4 heteroatoms. The van der Waals surface area contributed by atoms with Gasteiger partial charge < -0.3 is 9.69 Å². The number of carbonyl (C=O) groups is 2. The van der Waals surface area contributed by atoms with Crippen molar-refractivity contribution in [2.24, 2.45) is 33.0 Å². The molecule has 5 aliphatic carbocycles. The van der Waals surface area contributed by atoms with E-state index in [9.17, 15) is 9.59 Å². The normalized spacial score (nSPS) is 44.0. The van der Waals surface area contributed by atoms with E-state index in [0.717, 1.165) is 50.0 Å². The fraction of sp³-hybridized carbons (Fsp3) is 0.719. The number of carbonyl (C=O) groups excluding carboxylic acids is 2. The first kappa shape index (κ1) is 25.9. The number of allylic oxidation sites excluding steroid dienone is 4. The molecule has 4 nitrogen and oxygen atoms in total. The summed E-state index contributed by atoms with van der Waals surface area (Å²) in [4.78, 5) is 33.6. The van der Waals surface area contributed by atoms with Crippen LogP contribution in [0.3, 0.4) is 0 Å². The number of rotatable bonds is 1. The van der Waals surface area contributed by atoms with Crippen LogP contribution in [0.2, 0.25) is 0 Å². The van der Waals surface area contributed by atoms with Gasteiger partial charge in [0.1, 0.15) is 0 Å². The van der Waals surface area contributed by atoms with Crippen LogP contribution >= 0.6 is 0 Å². The van der Waals surface area contributed by atoms with E-state index in [1.165, 1.54) is 12.3 Å². The van der Waals surface area contributed by atoms with Crippen molar-refractivity contribution in [3.05, 3.63) is 46.7 Å². The SMILES string of the molecule is [C-]#[N+]C1=C[C@]2(C)C3=CC(=O)[C]4[C]5CC(C)(C)CC[C@]5(N(C)C)CC[C@@]4(C)[C@]3(C)CC[C@H]2C(C)(C)C1=O. The number of hydrogen-bond acceptors (Lipinski definition) is 3. The van der Waals surface area contributed by atoms with Crippen molar-refractivity contribution in [1.82, 2.24) is 4.90 Å². The molecule has 36 heavy (non-hydrogen) atoms. The van der Waals surface area contributed by atoms with Gasteiger partial charge in [0.25, 0.3) is 0 Å². The second-order valence-electron chi connectivity index (χ2n) is 14.8. The minimum atomic E-state index is -0.617. The monoisotopic (exact) mass is 488 g/mol. The van der Waals surface area contributed by atoms with E-state index in [2.05, 4.69) is 58.5 Å². The van der Waals surface area contributed by atoms with Crippen LogP contribution < -0.4 is 0 Å². The highest BCUT2D eigenvalue weighted by molar-refractivity contribution is 6.08. The maximum absolute atomic E-state index is 14.4. The Labute approximate surface area is 218 Å². The number of fused-ring (bicyclic) bond motifs is 7. The topological polar surface area (TPSA) is 41.7 Å². The lowest BCUT2D eigenvalue weighted by Crippen LogP contribution is -2.67. The zero-order chi connectivity index (χ0) is 26.7. The van der Waals surface area contributed by atoms with Crippen LogP contribution in [0.25, 0.3) is 4.85 Å². The maximum Gasteiger partial charge on any atom is 0.226 e. The molecule has 3 fully saturated rings. The Morgan fingerprint density at radius 3 is 2.17 bits per heavy atom. The molecule has 3 saturated carbocycles. The third-order valence-electron chi connectivity index (χ3n) is 12.0. The Hall–Kier alpha value is -1.73. The molecule has 5 rings (SSSR count). The van der Waals surface area contributed by atoms with Crippen molar-refractivity contribution in [2.75, 3.05) is 14.1 Å². The third kappa shape index (κ3) is 2.96. The van der Waals surface area contributed by atoms with Crippen LogP contribution in [0.15, 0.2) is 23.4 Å². The summed E-state index contributed by atoms with van der Waals surface area (Å²) in [6.07, 6.45) is 11.1. The Bertz CT molecular complexity index is 1140. The molecule has 0 saturated heterocycles. The van der Waals surface area contributed by atoms with Crippen molar-refractivity contribution in [1.29, 1.82) is 0 Å². The molecule has 0 bridgehead atoms. The number of Topliss-reactive ketones (excluding diaryl/α,β-unsaturated/α-hetero) is 1. The maximum atomic E-state index is 14.4. The molecule has 0 N–H and O–H groups in total. The van der Waals surface area contributed by atoms with Gasteiger partial charge in [0, 0.05) is 22.3 Å². The Balaban J connectivity index is 1.70. The van der Waals surface area contributed by atoms with Crippen LogP contribution in [0, 0.1) is 51.4 Å². The molecule has 0 aromatic rings. The zero-order valence-electron chi connectivity index (χ0n) is 23.9. The smallest absolute Gasteiger partial charge is 0.226 e. The van der Waals surface area contributed by atoms with E-state index in [1.807, 2.05) is 26.0 Å². The first-order chi connectivity index (χ1) is 16.5. The largest absolute Gasteiger partial charge is 0.307 e. The van der Waals surface area contributed by atoms with Crippen molar-refractivity contribution < 1.29 is 9.59 Å². The first-order valence-corrected chi connectivity index (χ1v) is 13.8. The van der Waals surface area contributed by atoms with Crippen LogP contribution in [0.1, 0.15) is 93.4 Å². The molecule has 5 atom stereocenters. The van der Waals surface area contributed by atoms with Gasteiger partial charge in [-0.25, -0.2) is 4.85 Å². The predicted molar refractivity (Wildman–Crippen MR) is 143 cm³/mol. The summed E-state index contributed by atoms with van der Waals surface area (Å²) in [6, 6.07) is 0. The van der Waals surface area contributed by atoms with Gasteiger partial charge in [-0.05, 0) is 87.3 Å². The lowest BCUT2D eigenvalue weighted by atomic mass is 9.35. The van der Waals surface area contributed by atoms with Crippen LogP contribution in [0.5, 0.6) is 0 Å². The molecule has 0 aromatic carbocycles. The van der Waals surface area contributed by atoms with E-state index in [-0.39, 0.29) is 45.0 Å². The van der Waals surface area contributed by atoms with Gasteiger partial charge in [0.2, 0.25) is 5.70 Å². The van der Waals surface area contributed by atoms with Crippen LogP contribution in [0.4, 0.5) is 0 Å². The van der Waals surface area contributed by atoms with Crippen molar-refractivity contribution in [3.63, 3.8) is 0 Å². The minimum absolute atomic E-state index is 0.0285. The van der Waals surface area contributed by atoms with Gasteiger partial charge in [-0.15, -0.1) is 0 Å². The number of ketones is 2. The highest BCUT2D eigenvalue weighted by atomic mass is 16.1. The lowest BCUT2D eigenvalue weighted by molar-refractivity contribution is -0.133. The quantitative estimate of drug-likeness (QED) is 0.382. The second-order valence-corrected chi connectivity index (χ2v) is 14.8. The van der Waals surface area contributed by atoms with E-state index in [1.54, 1.807) is 0 Å². The van der Waals surface area contributed by atoms with Gasteiger partial charge in [0.15, 0.2) is 11.6 Å². The van der Waals surface area contributed by atoms with Gasteiger partial charge in [-0.3, -0.25) is 4.79 Å². The van der Waals surface area contributed by atoms with Crippen LogP contribution in [-0.4, -0.2) is 36.1 Å². The molecular formula is C32H44N2O2. The van der Waals surface area contributed by atoms with Gasteiger partial charge >= 0.3 is 0 Å². The minimum Gasteiger partial charge on any atom is -0.307 e. The molecule has 0 spiro atoms. The second kappa shape index (κ2) is 7.43. The summed E-state index contributed by atoms with van der Waals surface area (Å²) >= 11 is 0. The van der Waals surface area contributed by atoms with Gasteiger partial charge in [-0.1, -0.05) is 60.1 Å². The number of hydrogen-bond donors (Lipinski definition) is 0. The zero-order valence-corrected chi connectivity index (χ0v) is 23.9. The van der Waals surface area contributed by atoms with Crippen molar-refractivity contribution in [3.8, 4) is 0 Å². The number of nitrogens with zero attached hydrogens (tertiary/aromatic N) is 2. The molecule has 0 amide bonds. The molecule has 2 radical (unpaired) electrons. The Morgan fingerprint density at radius 2 is 1.56 bits per heavy atom. The van der Waals surface area contributed by atoms with Crippen molar-refractivity contribution >= 4 is 11.6 Å². The predicted octanol–water partition coefficient (Wildman–Crippen LogP) is 6.79. The average molecular weight is 489 g/mol. The summed E-state index contributed by atoms with van der Waals surface area (Å²) in [5.41, 5.74) is 0.0497. The summed E-state index contributed by atoms with van der Waals surface area (Å²) in [5.74, 6) is 2.70. The van der Waals surface area contributed by atoms with E-state index < -0.39 is 10.8 Å². The fourth-order valence-electron chi connectivity index (χ4n) is 9.58. The summed E-state index contributed by atoms with van der Waals surface area (Å²) in [6.45, 7) is 23.4. The molecule has 0 heterocycles. The van der Waals surface area contributed by atoms with Crippen molar-refractivity contribution in [2.45, 2.75) is 99.0 Å². The fourth-order valence-corrected chi connectivity index (χ4v) is 9.58. The Kier molecular flexibility index (Phi) is 5.35. The lowest BCUT2D eigenvalue weighted by Gasteiger charge is -2.69. The highest BCUT2D eigenvalue weighted by Gasteiger charge is 2.70. The van der Waals surface area contributed by atoms with E-state index in [4.69, 9.17) is 6.57 Å². The third-order valence-corrected chi connectivity index (χ3v) is 12.0. The summed E-state index contributed by atoms with van der Waals surface area (Å²) < 4.78 is 0. The molecule has 0 aromatic heterocycles. The first-order valence-electron chi connectivity index (χ1n) is 13.8. The molecule has 0 aliphatic heterocycles. The molecule has 5 aliphatic rings. The molecule has 0 unspecified atom stereocenters. The van der Waals surface area contributed by atoms with E-state index >= 15 is 0 Å².